The Bertz CT molecular complexity index is 824. The Morgan fingerprint density at radius 2 is 1.75 bits per heavy atom. The van der Waals surface area contributed by atoms with Crippen LogP contribution >= 0.6 is 0 Å². The van der Waals surface area contributed by atoms with Gasteiger partial charge in [0.05, 0.1) is 17.8 Å². The monoisotopic (exact) mass is 383 g/mol. The lowest BCUT2D eigenvalue weighted by Crippen LogP contribution is -2.51. The minimum absolute atomic E-state index is 0.0743. The summed E-state index contributed by atoms with van der Waals surface area (Å²) in [6.07, 6.45) is 7.66. The first-order valence-corrected chi connectivity index (χ1v) is 10.3. The van der Waals surface area contributed by atoms with Gasteiger partial charge in [-0.05, 0) is 31.0 Å². The highest BCUT2D eigenvalue weighted by Crippen LogP contribution is 2.30. The van der Waals surface area contributed by atoms with Gasteiger partial charge < -0.3 is 5.11 Å². The van der Waals surface area contributed by atoms with Gasteiger partial charge >= 0.3 is 0 Å². The maximum atomic E-state index is 12.2. The number of piperazine rings is 1. The van der Waals surface area contributed by atoms with Crippen LogP contribution in [0.1, 0.15) is 25.7 Å². The smallest absolute Gasteiger partial charge is 0.266 e. The van der Waals surface area contributed by atoms with E-state index in [1.165, 1.54) is 0 Å². The largest absolute Gasteiger partial charge is 0.389 e. The van der Waals surface area contributed by atoms with Gasteiger partial charge in [-0.25, -0.2) is 4.68 Å². The van der Waals surface area contributed by atoms with E-state index in [0.717, 1.165) is 76.2 Å². The molecule has 0 radical (unpaired) electrons. The Hall–Kier alpha value is -2.09. The summed E-state index contributed by atoms with van der Waals surface area (Å²) in [7, 11) is 0. The molecule has 150 valence electrons. The zero-order valence-corrected chi connectivity index (χ0v) is 16.3. The van der Waals surface area contributed by atoms with Gasteiger partial charge in [-0.1, -0.05) is 12.8 Å². The van der Waals surface area contributed by atoms with Crippen LogP contribution in [0.15, 0.2) is 41.5 Å². The first-order chi connectivity index (χ1) is 13.6. The molecule has 3 heterocycles. The molecule has 1 aliphatic heterocycles. The van der Waals surface area contributed by atoms with Gasteiger partial charge in [-0.3, -0.25) is 19.6 Å². The molecule has 0 bridgehead atoms. The summed E-state index contributed by atoms with van der Waals surface area (Å²) in [5.74, 6) is 0. The maximum absolute atomic E-state index is 12.2. The highest BCUT2D eigenvalue weighted by Gasteiger charge is 2.33. The topological polar surface area (TPSA) is 74.5 Å². The Morgan fingerprint density at radius 3 is 2.46 bits per heavy atom. The van der Waals surface area contributed by atoms with Gasteiger partial charge in [-0.15, -0.1) is 0 Å². The molecule has 7 heteroatoms. The van der Waals surface area contributed by atoms with Crippen LogP contribution in [0.25, 0.3) is 11.3 Å². The SMILES string of the molecule is O=c1ccc(-c2cccnc2)nn1CCN1CCN(CC2(O)CCCC2)CC1. The molecule has 28 heavy (non-hydrogen) atoms. The van der Waals surface area contributed by atoms with Crippen molar-refractivity contribution in [1.29, 1.82) is 0 Å². The quantitative estimate of drug-likeness (QED) is 0.809. The Morgan fingerprint density at radius 1 is 1.00 bits per heavy atom. The first kappa shape index (κ1) is 19.2. The molecule has 1 N–H and O–H groups in total. The fourth-order valence-corrected chi connectivity index (χ4v) is 4.29. The van der Waals surface area contributed by atoms with Crippen molar-refractivity contribution in [2.24, 2.45) is 0 Å². The number of rotatable bonds is 6. The summed E-state index contributed by atoms with van der Waals surface area (Å²) >= 11 is 0. The van der Waals surface area contributed by atoms with Gasteiger partial charge in [-0.2, -0.15) is 5.10 Å². The highest BCUT2D eigenvalue weighted by atomic mass is 16.3. The Labute approximate surface area is 165 Å². The molecule has 0 spiro atoms. The third-order valence-electron chi connectivity index (χ3n) is 5.97. The summed E-state index contributed by atoms with van der Waals surface area (Å²) in [4.78, 5) is 21.1. The number of hydrogen-bond acceptors (Lipinski definition) is 6. The molecule has 0 aromatic carbocycles. The molecule has 1 saturated carbocycles. The molecule has 2 aromatic rings. The molecule has 7 nitrogen and oxygen atoms in total. The summed E-state index contributed by atoms with van der Waals surface area (Å²) in [5.41, 5.74) is 1.14. The fourth-order valence-electron chi connectivity index (χ4n) is 4.29. The average Bonchev–Trinajstić information content (AvgIpc) is 3.15. The van der Waals surface area contributed by atoms with Gasteiger partial charge in [0.2, 0.25) is 0 Å². The summed E-state index contributed by atoms with van der Waals surface area (Å²) in [5, 5.41) is 15.1. The molecule has 2 fully saturated rings. The van der Waals surface area contributed by atoms with E-state index < -0.39 is 5.60 Å². The van der Waals surface area contributed by atoms with Gasteiger partial charge in [0.25, 0.3) is 5.56 Å². The lowest BCUT2D eigenvalue weighted by Gasteiger charge is -2.38. The zero-order chi connectivity index (χ0) is 19.4. The van der Waals surface area contributed by atoms with Crippen molar-refractivity contribution in [3.05, 3.63) is 47.0 Å². The molecule has 0 amide bonds. The number of pyridine rings is 1. The number of hydrogen-bond donors (Lipinski definition) is 1. The second-order valence-electron chi connectivity index (χ2n) is 8.07. The molecular formula is C21H29N5O2. The molecule has 4 rings (SSSR count). The molecule has 1 saturated heterocycles. The molecule has 0 atom stereocenters. The molecule has 2 aromatic heterocycles. The Balaban J connectivity index is 1.30. The van der Waals surface area contributed by atoms with Crippen LogP contribution in [0.3, 0.4) is 0 Å². The van der Waals surface area contributed by atoms with Crippen LogP contribution in [0.2, 0.25) is 0 Å². The van der Waals surface area contributed by atoms with Gasteiger partial charge in [0.1, 0.15) is 0 Å². The minimum Gasteiger partial charge on any atom is -0.389 e. The van der Waals surface area contributed by atoms with Crippen LogP contribution < -0.4 is 5.56 Å². The van der Waals surface area contributed by atoms with Crippen molar-refractivity contribution in [3.8, 4) is 11.3 Å². The molecular weight excluding hydrogens is 354 g/mol. The second-order valence-corrected chi connectivity index (χ2v) is 8.07. The number of β-amino-alcohol motifs (C(OH)–C–C–N with tert-alkyl or cyclic N) is 1. The lowest BCUT2D eigenvalue weighted by atomic mass is 10.0. The average molecular weight is 383 g/mol. The molecule has 0 unspecified atom stereocenters. The van der Waals surface area contributed by atoms with E-state index in [1.807, 2.05) is 12.1 Å². The van der Waals surface area contributed by atoms with E-state index in [2.05, 4.69) is 19.9 Å². The third-order valence-corrected chi connectivity index (χ3v) is 5.97. The maximum Gasteiger partial charge on any atom is 0.266 e. The van der Waals surface area contributed by atoms with Gasteiger partial charge in [0.15, 0.2) is 0 Å². The van der Waals surface area contributed by atoms with Crippen molar-refractivity contribution in [1.82, 2.24) is 24.6 Å². The van der Waals surface area contributed by atoms with Crippen LogP contribution in [0.5, 0.6) is 0 Å². The predicted octanol–water partition coefficient (Wildman–Crippen LogP) is 1.23. The fraction of sp³-hybridized carbons (Fsp3) is 0.571. The van der Waals surface area contributed by atoms with Crippen molar-refractivity contribution < 1.29 is 5.11 Å². The normalized spacial score (nSPS) is 20.5. The van der Waals surface area contributed by atoms with E-state index in [9.17, 15) is 9.90 Å². The van der Waals surface area contributed by atoms with Crippen molar-refractivity contribution in [3.63, 3.8) is 0 Å². The van der Waals surface area contributed by atoms with Crippen molar-refractivity contribution >= 4 is 0 Å². The van der Waals surface area contributed by atoms with Crippen LogP contribution in [0, 0.1) is 0 Å². The van der Waals surface area contributed by atoms with Crippen LogP contribution in [-0.2, 0) is 6.54 Å². The van der Waals surface area contributed by atoms with Gasteiger partial charge in [0, 0.05) is 63.3 Å². The van der Waals surface area contributed by atoms with E-state index in [0.29, 0.717) is 6.54 Å². The number of aliphatic hydroxyl groups is 1. The lowest BCUT2D eigenvalue weighted by molar-refractivity contribution is -0.00486. The van der Waals surface area contributed by atoms with E-state index in [-0.39, 0.29) is 5.56 Å². The summed E-state index contributed by atoms with van der Waals surface area (Å²) in [6, 6.07) is 7.15. The molecule has 1 aliphatic carbocycles. The van der Waals surface area contributed by atoms with E-state index >= 15 is 0 Å². The summed E-state index contributed by atoms with van der Waals surface area (Å²) < 4.78 is 1.55. The van der Waals surface area contributed by atoms with Crippen molar-refractivity contribution in [2.75, 3.05) is 39.3 Å². The second kappa shape index (κ2) is 8.51. The third kappa shape index (κ3) is 4.66. The van der Waals surface area contributed by atoms with Crippen LogP contribution in [0.4, 0.5) is 0 Å². The zero-order valence-electron chi connectivity index (χ0n) is 16.3. The highest BCUT2D eigenvalue weighted by molar-refractivity contribution is 5.56. The van der Waals surface area contributed by atoms with E-state index in [4.69, 9.17) is 0 Å². The Kier molecular flexibility index (Phi) is 5.85. The summed E-state index contributed by atoms with van der Waals surface area (Å²) in [6.45, 7) is 6.06. The number of aromatic nitrogens is 3. The van der Waals surface area contributed by atoms with Crippen molar-refractivity contribution in [2.45, 2.75) is 37.8 Å². The predicted molar refractivity (Wildman–Crippen MR) is 108 cm³/mol. The first-order valence-electron chi connectivity index (χ1n) is 10.3. The molecule has 2 aliphatic rings. The minimum atomic E-state index is -0.466. The van der Waals surface area contributed by atoms with Crippen LogP contribution in [-0.4, -0.2) is 74.5 Å². The van der Waals surface area contributed by atoms with E-state index in [1.54, 1.807) is 29.2 Å². The number of nitrogens with zero attached hydrogens (tertiary/aromatic N) is 5. The standard InChI is InChI=1S/C21H29N5O2/c27-20-6-5-19(18-4-3-9-22-16-18)23-26(20)15-14-24-10-12-25(13-11-24)17-21(28)7-1-2-8-21/h3-6,9,16,28H,1-2,7-8,10-15,17H2.